The van der Waals surface area contributed by atoms with Crippen molar-refractivity contribution in [2.75, 3.05) is 32.5 Å². The molecule has 5 heteroatoms. The van der Waals surface area contributed by atoms with Gasteiger partial charge in [-0.05, 0) is 51.2 Å². The number of piperidine rings is 1. The van der Waals surface area contributed by atoms with E-state index in [1.807, 2.05) is 11.9 Å². The summed E-state index contributed by atoms with van der Waals surface area (Å²) in [6.07, 6.45) is 2.01. The number of hydrogen-bond acceptors (Lipinski definition) is 3. The number of rotatable bonds is 3. The molecule has 2 rings (SSSR count). The van der Waals surface area contributed by atoms with Crippen LogP contribution in [0.25, 0.3) is 0 Å². The molecule has 0 radical (unpaired) electrons. The number of carbonyl (C=O) groups excluding carboxylic acids is 2. The number of hydrogen-bond donors (Lipinski definition) is 1. The van der Waals surface area contributed by atoms with E-state index in [0.717, 1.165) is 25.9 Å². The second-order valence-electron chi connectivity index (χ2n) is 5.71. The highest BCUT2D eigenvalue weighted by Crippen LogP contribution is 2.18. The molecule has 0 saturated carbocycles. The average molecular weight is 289 g/mol. The molecule has 0 aliphatic carbocycles. The zero-order valence-electron chi connectivity index (χ0n) is 12.9. The first kappa shape index (κ1) is 15.5. The third kappa shape index (κ3) is 4.04. The second kappa shape index (κ2) is 6.72. The van der Waals surface area contributed by atoms with Gasteiger partial charge in [-0.25, -0.2) is 0 Å². The maximum Gasteiger partial charge on any atom is 0.253 e. The van der Waals surface area contributed by atoms with Crippen molar-refractivity contribution >= 4 is 17.5 Å². The van der Waals surface area contributed by atoms with Crippen LogP contribution < -0.4 is 5.32 Å². The number of likely N-dealkylation sites (tertiary alicyclic amines) is 1. The first-order valence-corrected chi connectivity index (χ1v) is 7.30. The van der Waals surface area contributed by atoms with Crippen LogP contribution in [-0.4, -0.2) is 54.8 Å². The van der Waals surface area contributed by atoms with Crippen molar-refractivity contribution in [2.45, 2.75) is 25.8 Å². The predicted molar refractivity (Wildman–Crippen MR) is 83.4 cm³/mol. The molecule has 1 N–H and O–H groups in total. The van der Waals surface area contributed by atoms with Gasteiger partial charge < -0.3 is 15.1 Å². The smallest absolute Gasteiger partial charge is 0.253 e. The lowest BCUT2D eigenvalue weighted by atomic mass is 10.0. The van der Waals surface area contributed by atoms with Gasteiger partial charge in [-0.3, -0.25) is 9.59 Å². The first-order chi connectivity index (χ1) is 9.97. The van der Waals surface area contributed by atoms with Crippen LogP contribution in [0.4, 0.5) is 5.69 Å². The van der Waals surface area contributed by atoms with Crippen molar-refractivity contribution in [3.63, 3.8) is 0 Å². The molecule has 5 nitrogen and oxygen atoms in total. The fraction of sp³-hybridized carbons (Fsp3) is 0.500. The third-order valence-electron chi connectivity index (χ3n) is 3.99. The summed E-state index contributed by atoms with van der Waals surface area (Å²) in [5.41, 5.74) is 1.27. The quantitative estimate of drug-likeness (QED) is 0.923. The Hall–Kier alpha value is -1.88. The van der Waals surface area contributed by atoms with Gasteiger partial charge in [-0.1, -0.05) is 6.07 Å². The summed E-state index contributed by atoms with van der Waals surface area (Å²) in [7, 11) is 3.97. The number of nitrogens with zero attached hydrogens (tertiary/aromatic N) is 2. The monoisotopic (exact) mass is 289 g/mol. The van der Waals surface area contributed by atoms with Crippen molar-refractivity contribution in [3.05, 3.63) is 29.8 Å². The van der Waals surface area contributed by atoms with Crippen LogP contribution in [0.2, 0.25) is 0 Å². The molecular weight excluding hydrogens is 266 g/mol. The molecule has 1 aliphatic heterocycles. The summed E-state index contributed by atoms with van der Waals surface area (Å²) in [6, 6.07) is 7.39. The Morgan fingerprint density at radius 1 is 1.29 bits per heavy atom. The van der Waals surface area contributed by atoms with Gasteiger partial charge in [0.15, 0.2) is 0 Å². The van der Waals surface area contributed by atoms with Crippen molar-refractivity contribution < 1.29 is 9.59 Å². The maximum atomic E-state index is 12.6. The van der Waals surface area contributed by atoms with E-state index in [9.17, 15) is 9.59 Å². The second-order valence-corrected chi connectivity index (χ2v) is 5.71. The van der Waals surface area contributed by atoms with Gasteiger partial charge in [-0.2, -0.15) is 0 Å². The van der Waals surface area contributed by atoms with E-state index < -0.39 is 0 Å². The molecule has 0 atom stereocenters. The van der Waals surface area contributed by atoms with Gasteiger partial charge in [0.05, 0.1) is 0 Å². The van der Waals surface area contributed by atoms with Crippen LogP contribution in [0.15, 0.2) is 24.3 Å². The Morgan fingerprint density at radius 2 is 1.95 bits per heavy atom. The summed E-state index contributed by atoms with van der Waals surface area (Å²) in [6.45, 7) is 3.50. The number of benzene rings is 1. The van der Waals surface area contributed by atoms with E-state index in [1.165, 1.54) is 6.92 Å². The molecule has 1 heterocycles. The highest BCUT2D eigenvalue weighted by atomic mass is 16.2. The fourth-order valence-corrected chi connectivity index (χ4v) is 2.68. The minimum absolute atomic E-state index is 0.0109. The average Bonchev–Trinajstić information content (AvgIpc) is 2.46. The van der Waals surface area contributed by atoms with Crippen molar-refractivity contribution in [1.82, 2.24) is 9.80 Å². The molecule has 21 heavy (non-hydrogen) atoms. The van der Waals surface area contributed by atoms with E-state index in [1.54, 1.807) is 24.3 Å². The van der Waals surface area contributed by atoms with E-state index in [0.29, 0.717) is 11.3 Å². The largest absolute Gasteiger partial charge is 0.339 e. The third-order valence-corrected chi connectivity index (χ3v) is 3.99. The summed E-state index contributed by atoms with van der Waals surface area (Å²) < 4.78 is 0. The molecule has 0 unspecified atom stereocenters. The van der Waals surface area contributed by atoms with Crippen LogP contribution in [0.5, 0.6) is 0 Å². The molecule has 1 fully saturated rings. The van der Waals surface area contributed by atoms with E-state index in [-0.39, 0.29) is 17.9 Å². The van der Waals surface area contributed by atoms with Crippen LogP contribution in [0, 0.1) is 0 Å². The molecule has 0 spiro atoms. The molecule has 1 aromatic carbocycles. The van der Waals surface area contributed by atoms with Crippen LogP contribution >= 0.6 is 0 Å². The summed E-state index contributed by atoms with van der Waals surface area (Å²) in [5, 5.41) is 2.71. The van der Waals surface area contributed by atoms with Crippen molar-refractivity contribution in [3.8, 4) is 0 Å². The Bertz CT molecular complexity index is 522. The minimum atomic E-state index is -0.136. The lowest BCUT2D eigenvalue weighted by Gasteiger charge is -2.35. The van der Waals surface area contributed by atoms with Crippen LogP contribution in [0.3, 0.4) is 0 Å². The Kier molecular flexibility index (Phi) is 4.96. The molecular formula is C16H23N3O2. The van der Waals surface area contributed by atoms with Crippen molar-refractivity contribution in [2.24, 2.45) is 0 Å². The molecule has 1 aliphatic rings. The standard InChI is InChI=1S/C16H23N3O2/c1-12(20)17-14-6-4-5-13(11-14)16(21)19(3)15-7-9-18(2)10-8-15/h4-6,11,15H,7-10H2,1-3H3,(H,17,20). The number of amides is 2. The van der Waals surface area contributed by atoms with Gasteiger partial charge in [0.2, 0.25) is 5.91 Å². The summed E-state index contributed by atoms with van der Waals surface area (Å²) in [4.78, 5) is 27.8. The highest BCUT2D eigenvalue weighted by Gasteiger charge is 2.24. The molecule has 0 aromatic heterocycles. The van der Waals surface area contributed by atoms with Gasteiger partial charge in [0.1, 0.15) is 0 Å². The summed E-state index contributed by atoms with van der Waals surface area (Å²) >= 11 is 0. The minimum Gasteiger partial charge on any atom is -0.339 e. The Labute approximate surface area is 125 Å². The fourth-order valence-electron chi connectivity index (χ4n) is 2.68. The predicted octanol–water partition coefficient (Wildman–Crippen LogP) is 1.81. The molecule has 1 saturated heterocycles. The lowest BCUT2D eigenvalue weighted by Crippen LogP contribution is -2.44. The van der Waals surface area contributed by atoms with Crippen molar-refractivity contribution in [1.29, 1.82) is 0 Å². The number of anilines is 1. The van der Waals surface area contributed by atoms with E-state index >= 15 is 0 Å². The van der Waals surface area contributed by atoms with E-state index in [4.69, 9.17) is 0 Å². The van der Waals surface area contributed by atoms with Gasteiger partial charge in [-0.15, -0.1) is 0 Å². The van der Waals surface area contributed by atoms with Gasteiger partial charge in [0.25, 0.3) is 5.91 Å². The van der Waals surface area contributed by atoms with Crippen LogP contribution in [0.1, 0.15) is 30.1 Å². The van der Waals surface area contributed by atoms with E-state index in [2.05, 4.69) is 17.3 Å². The van der Waals surface area contributed by atoms with Gasteiger partial charge >= 0.3 is 0 Å². The number of nitrogens with one attached hydrogen (secondary N) is 1. The molecule has 0 bridgehead atoms. The maximum absolute atomic E-state index is 12.6. The zero-order valence-corrected chi connectivity index (χ0v) is 12.9. The molecule has 1 aromatic rings. The number of carbonyl (C=O) groups is 2. The first-order valence-electron chi connectivity index (χ1n) is 7.30. The SMILES string of the molecule is CC(=O)Nc1cccc(C(=O)N(C)C2CCN(C)CC2)c1. The summed E-state index contributed by atoms with van der Waals surface area (Å²) in [5.74, 6) is -0.125. The van der Waals surface area contributed by atoms with Crippen LogP contribution in [-0.2, 0) is 4.79 Å². The Balaban J connectivity index is 2.06. The van der Waals surface area contributed by atoms with Gasteiger partial charge in [0, 0.05) is 31.3 Å². The lowest BCUT2D eigenvalue weighted by molar-refractivity contribution is -0.114. The Morgan fingerprint density at radius 3 is 2.57 bits per heavy atom. The topological polar surface area (TPSA) is 52.7 Å². The zero-order chi connectivity index (χ0) is 15.4. The highest BCUT2D eigenvalue weighted by molar-refractivity contribution is 5.96. The molecule has 114 valence electrons. The molecule has 2 amide bonds. The normalized spacial score (nSPS) is 16.5.